The Hall–Kier alpha value is -2.40. The number of hydrogen-bond acceptors (Lipinski definition) is 6. The zero-order valence-electron chi connectivity index (χ0n) is 15.6. The summed E-state index contributed by atoms with van der Waals surface area (Å²) in [4.78, 5) is 4.33. The Labute approximate surface area is 174 Å². The van der Waals surface area contributed by atoms with Crippen molar-refractivity contribution in [2.24, 2.45) is 0 Å². The molecule has 2 heterocycles. The Morgan fingerprint density at radius 1 is 1.33 bits per heavy atom. The van der Waals surface area contributed by atoms with Gasteiger partial charge in [0.2, 0.25) is 0 Å². The number of sulfone groups is 1. The van der Waals surface area contributed by atoms with E-state index in [0.29, 0.717) is 18.4 Å². The molecule has 0 unspecified atom stereocenters. The van der Waals surface area contributed by atoms with E-state index in [2.05, 4.69) is 15.2 Å². The predicted octanol–water partition coefficient (Wildman–Crippen LogP) is 3.79. The highest BCUT2D eigenvalue weighted by molar-refractivity contribution is 7.90. The van der Waals surface area contributed by atoms with Gasteiger partial charge >= 0.3 is 0 Å². The van der Waals surface area contributed by atoms with Crippen LogP contribution in [-0.4, -0.2) is 40.3 Å². The highest BCUT2D eigenvalue weighted by Gasteiger charge is 2.51. The summed E-state index contributed by atoms with van der Waals surface area (Å²) in [6, 6.07) is 5.54. The average molecular weight is 461 g/mol. The van der Waals surface area contributed by atoms with Crippen LogP contribution in [0, 0.1) is 5.82 Å². The minimum absolute atomic E-state index is 0.0282. The van der Waals surface area contributed by atoms with Crippen molar-refractivity contribution < 1.29 is 26.1 Å². The Kier molecular flexibility index (Phi) is 5.13. The molecule has 4 rings (SSSR count). The number of aryl methyl sites for hydroxylation is 1. The summed E-state index contributed by atoms with van der Waals surface area (Å²) >= 11 is 6.12. The van der Waals surface area contributed by atoms with Crippen molar-refractivity contribution in [1.82, 2.24) is 19.9 Å². The summed E-state index contributed by atoms with van der Waals surface area (Å²) in [7, 11) is -3.35. The second-order valence-corrected chi connectivity index (χ2v) is 9.85. The fourth-order valence-corrected chi connectivity index (χ4v) is 4.08. The van der Waals surface area contributed by atoms with E-state index < -0.39 is 33.2 Å². The molecule has 1 fully saturated rings. The fourth-order valence-electron chi connectivity index (χ4n) is 3.27. The first-order chi connectivity index (χ1) is 14.1. The summed E-state index contributed by atoms with van der Waals surface area (Å²) < 4.78 is 69.5. The summed E-state index contributed by atoms with van der Waals surface area (Å²) in [6.07, 6.45) is -0.587. The van der Waals surface area contributed by atoms with Crippen molar-refractivity contribution in [1.29, 1.82) is 0 Å². The second kappa shape index (κ2) is 7.38. The van der Waals surface area contributed by atoms with Gasteiger partial charge in [-0.25, -0.2) is 21.6 Å². The Balaban J connectivity index is 1.71. The normalized spacial score (nSPS) is 15.7. The average Bonchev–Trinajstić information content (AvgIpc) is 3.13. The van der Waals surface area contributed by atoms with Gasteiger partial charge in [0.05, 0.1) is 22.7 Å². The molecule has 7 nitrogen and oxygen atoms in total. The van der Waals surface area contributed by atoms with Gasteiger partial charge in [-0.3, -0.25) is 4.68 Å². The highest BCUT2D eigenvalue weighted by atomic mass is 35.5. The number of benzene rings is 1. The zero-order valence-corrected chi connectivity index (χ0v) is 17.2. The van der Waals surface area contributed by atoms with Crippen LogP contribution in [-0.2, 0) is 21.8 Å². The lowest BCUT2D eigenvalue weighted by Crippen LogP contribution is -2.14. The molecule has 0 aliphatic heterocycles. The number of halogens is 4. The number of aromatic nitrogens is 4. The van der Waals surface area contributed by atoms with Crippen molar-refractivity contribution in [2.45, 2.75) is 31.2 Å². The SMILES string of the molecule is CS(=O)(=O)CCn1nc(C(F)F)cc1-c1nc(C2(c3cccc(F)c3Cl)CC2)no1. The van der Waals surface area contributed by atoms with E-state index >= 15 is 0 Å². The molecule has 30 heavy (non-hydrogen) atoms. The molecule has 2 aromatic heterocycles. The largest absolute Gasteiger partial charge is 0.332 e. The van der Waals surface area contributed by atoms with Gasteiger partial charge in [-0.2, -0.15) is 10.1 Å². The molecular weight excluding hydrogens is 445 g/mol. The second-order valence-electron chi connectivity index (χ2n) is 7.21. The number of hydrogen-bond donors (Lipinski definition) is 0. The minimum atomic E-state index is -3.35. The smallest absolute Gasteiger partial charge is 0.282 e. The van der Waals surface area contributed by atoms with Crippen LogP contribution in [0.1, 0.15) is 36.3 Å². The van der Waals surface area contributed by atoms with E-state index in [1.54, 1.807) is 6.07 Å². The minimum Gasteiger partial charge on any atom is -0.332 e. The molecular formula is C18H16ClF3N4O3S. The third-order valence-corrected chi connectivity index (χ3v) is 6.29. The maximum atomic E-state index is 13.9. The predicted molar refractivity (Wildman–Crippen MR) is 102 cm³/mol. The van der Waals surface area contributed by atoms with Crippen molar-refractivity contribution in [3.8, 4) is 11.6 Å². The first-order valence-corrected chi connectivity index (χ1v) is 11.4. The molecule has 0 atom stereocenters. The van der Waals surface area contributed by atoms with Crippen molar-refractivity contribution >= 4 is 21.4 Å². The number of alkyl halides is 2. The van der Waals surface area contributed by atoms with Gasteiger partial charge in [0.1, 0.15) is 27.0 Å². The molecule has 3 aromatic rings. The molecule has 0 spiro atoms. The molecule has 0 bridgehead atoms. The molecule has 0 radical (unpaired) electrons. The summed E-state index contributed by atoms with van der Waals surface area (Å²) in [5.41, 5.74) is -0.652. The number of nitrogens with zero attached hydrogens (tertiary/aromatic N) is 4. The Bertz CT molecular complexity index is 1210. The lowest BCUT2D eigenvalue weighted by molar-refractivity contribution is 0.145. The Morgan fingerprint density at radius 2 is 2.07 bits per heavy atom. The molecule has 1 aromatic carbocycles. The van der Waals surface area contributed by atoms with E-state index in [0.717, 1.165) is 17.0 Å². The molecule has 0 N–H and O–H groups in total. The third-order valence-electron chi connectivity index (χ3n) is 4.99. The summed E-state index contributed by atoms with van der Waals surface area (Å²) in [5, 5.41) is 7.70. The highest BCUT2D eigenvalue weighted by Crippen LogP contribution is 2.54. The van der Waals surface area contributed by atoms with Crippen LogP contribution >= 0.6 is 11.6 Å². The van der Waals surface area contributed by atoms with Crippen LogP contribution in [0.15, 0.2) is 28.8 Å². The number of rotatable bonds is 7. The van der Waals surface area contributed by atoms with Gasteiger partial charge in [-0.1, -0.05) is 28.9 Å². The van der Waals surface area contributed by atoms with Crippen LogP contribution < -0.4 is 0 Å². The van der Waals surface area contributed by atoms with Crippen LogP contribution in [0.4, 0.5) is 13.2 Å². The van der Waals surface area contributed by atoms with Gasteiger partial charge in [0.25, 0.3) is 12.3 Å². The van der Waals surface area contributed by atoms with Crippen molar-refractivity contribution in [2.75, 3.05) is 12.0 Å². The summed E-state index contributed by atoms with van der Waals surface area (Å²) in [6.45, 7) is -0.153. The topological polar surface area (TPSA) is 90.9 Å². The molecule has 160 valence electrons. The van der Waals surface area contributed by atoms with Crippen molar-refractivity contribution in [3.63, 3.8) is 0 Å². The summed E-state index contributed by atoms with van der Waals surface area (Å²) in [5.74, 6) is -0.700. The van der Waals surface area contributed by atoms with Crippen LogP contribution in [0.5, 0.6) is 0 Å². The van der Waals surface area contributed by atoms with Gasteiger partial charge in [-0.15, -0.1) is 0 Å². The first kappa shape index (κ1) is 20.9. The zero-order chi connectivity index (χ0) is 21.7. The van der Waals surface area contributed by atoms with Crippen LogP contribution in [0.3, 0.4) is 0 Å². The molecule has 12 heteroatoms. The van der Waals surface area contributed by atoms with Crippen LogP contribution in [0.25, 0.3) is 11.6 Å². The lowest BCUT2D eigenvalue weighted by atomic mass is 9.95. The molecule has 1 aliphatic carbocycles. The maximum absolute atomic E-state index is 13.9. The van der Waals surface area contributed by atoms with Gasteiger partial charge in [0.15, 0.2) is 5.82 Å². The standard InChI is InChI=1S/C18H16ClF3N4O3S/c1-30(27,28)8-7-26-13(9-12(24-26)15(21)22)16-23-17(25-29-16)18(5-6-18)10-3-2-4-11(20)14(10)19/h2-4,9,15H,5-8H2,1H3. The maximum Gasteiger partial charge on any atom is 0.282 e. The van der Waals surface area contributed by atoms with Crippen LogP contribution in [0.2, 0.25) is 5.02 Å². The lowest BCUT2D eigenvalue weighted by Gasteiger charge is -2.13. The van der Waals surface area contributed by atoms with E-state index in [1.807, 2.05) is 0 Å². The first-order valence-electron chi connectivity index (χ1n) is 8.93. The molecule has 1 aliphatic rings. The Morgan fingerprint density at radius 3 is 2.70 bits per heavy atom. The molecule has 0 saturated heterocycles. The van der Waals surface area contributed by atoms with E-state index in [4.69, 9.17) is 16.1 Å². The fraction of sp³-hybridized carbons (Fsp3) is 0.389. The third kappa shape index (κ3) is 3.83. The van der Waals surface area contributed by atoms with E-state index in [9.17, 15) is 21.6 Å². The van der Waals surface area contributed by atoms with E-state index in [1.165, 1.54) is 12.1 Å². The van der Waals surface area contributed by atoms with E-state index in [-0.39, 0.29) is 34.7 Å². The monoisotopic (exact) mass is 460 g/mol. The van der Waals surface area contributed by atoms with Crippen molar-refractivity contribution in [3.05, 3.63) is 52.2 Å². The van der Waals surface area contributed by atoms with Gasteiger partial charge in [-0.05, 0) is 30.5 Å². The quantitative estimate of drug-likeness (QED) is 0.533. The van der Waals surface area contributed by atoms with Gasteiger partial charge in [0, 0.05) is 6.26 Å². The molecule has 0 amide bonds. The molecule has 1 saturated carbocycles. The van der Waals surface area contributed by atoms with Gasteiger partial charge < -0.3 is 4.52 Å².